The summed E-state index contributed by atoms with van der Waals surface area (Å²) in [5.41, 5.74) is 0.244. The minimum Gasteiger partial charge on any atom is -0.322 e. The highest BCUT2D eigenvalue weighted by atomic mass is 32.2. The number of aromatic amines is 1. The van der Waals surface area contributed by atoms with Crippen LogP contribution in [0.25, 0.3) is 10.9 Å². The van der Waals surface area contributed by atoms with Crippen LogP contribution in [0.4, 0.5) is 24.7 Å². The van der Waals surface area contributed by atoms with Gasteiger partial charge in [-0.15, -0.1) is 0 Å². The third kappa shape index (κ3) is 5.35. The van der Waals surface area contributed by atoms with Crippen LogP contribution in [0, 0.1) is 0 Å². The van der Waals surface area contributed by atoms with Gasteiger partial charge < -0.3 is 10.6 Å². The number of aromatic nitrogens is 2. The van der Waals surface area contributed by atoms with E-state index >= 15 is 0 Å². The number of benzene rings is 3. The van der Waals surface area contributed by atoms with Gasteiger partial charge in [0.25, 0.3) is 5.91 Å². The van der Waals surface area contributed by atoms with E-state index < -0.39 is 17.6 Å². The fourth-order valence-electron chi connectivity index (χ4n) is 3.14. The van der Waals surface area contributed by atoms with E-state index in [1.165, 1.54) is 30.8 Å². The third-order valence-electron chi connectivity index (χ3n) is 4.61. The van der Waals surface area contributed by atoms with Crippen molar-refractivity contribution in [2.24, 2.45) is 0 Å². The van der Waals surface area contributed by atoms with Gasteiger partial charge in [-0.05, 0) is 54.6 Å². The number of nitrogens with zero attached hydrogens (tertiary/aromatic N) is 1. The Morgan fingerprint density at radius 2 is 1.70 bits per heavy atom. The van der Waals surface area contributed by atoms with Crippen molar-refractivity contribution in [2.75, 3.05) is 10.6 Å². The lowest BCUT2D eigenvalue weighted by Crippen LogP contribution is -2.13. The number of nitrogens with one attached hydrogen (secondary N) is 3. The number of hydrogen-bond acceptors (Lipinski definition) is 4. The zero-order valence-electron chi connectivity index (χ0n) is 17.2. The molecule has 4 rings (SSSR count). The first-order valence-corrected chi connectivity index (χ1v) is 10.5. The largest absolute Gasteiger partial charge is 0.416 e. The van der Waals surface area contributed by atoms with Crippen molar-refractivity contribution in [3.63, 3.8) is 0 Å². The molecule has 33 heavy (non-hydrogen) atoms. The van der Waals surface area contributed by atoms with E-state index in [1.54, 1.807) is 18.2 Å². The van der Waals surface area contributed by atoms with Crippen LogP contribution in [-0.2, 0) is 11.0 Å². The average molecular weight is 470 g/mol. The third-order valence-corrected chi connectivity index (χ3v) is 5.59. The number of carbonyl (C=O) groups excluding carboxylic acids is 2. The van der Waals surface area contributed by atoms with Crippen molar-refractivity contribution < 1.29 is 22.8 Å². The molecule has 0 atom stereocenters. The lowest BCUT2D eigenvalue weighted by atomic mass is 10.1. The second kappa shape index (κ2) is 8.99. The summed E-state index contributed by atoms with van der Waals surface area (Å²) in [7, 11) is 0. The number of fused-ring (bicyclic) bond motifs is 1. The summed E-state index contributed by atoms with van der Waals surface area (Å²) in [6, 6.07) is 16.9. The van der Waals surface area contributed by atoms with Crippen molar-refractivity contribution in [2.45, 2.75) is 22.9 Å². The molecule has 3 N–H and O–H groups in total. The molecule has 0 spiro atoms. The summed E-state index contributed by atoms with van der Waals surface area (Å²) in [6.45, 7) is 1.41. The first-order chi connectivity index (χ1) is 15.7. The number of rotatable bonds is 5. The Morgan fingerprint density at radius 3 is 2.45 bits per heavy atom. The molecule has 0 radical (unpaired) electrons. The van der Waals surface area contributed by atoms with E-state index in [1.807, 2.05) is 24.3 Å². The quantitative estimate of drug-likeness (QED) is 0.337. The van der Waals surface area contributed by atoms with E-state index in [0.29, 0.717) is 11.5 Å². The second-order valence-electron chi connectivity index (χ2n) is 7.12. The molecule has 1 aromatic heterocycles. The number of H-pyrrole nitrogens is 1. The van der Waals surface area contributed by atoms with Crippen molar-refractivity contribution >= 4 is 46.0 Å². The maximum absolute atomic E-state index is 12.9. The van der Waals surface area contributed by atoms with Gasteiger partial charge in [-0.1, -0.05) is 23.9 Å². The molecule has 0 aliphatic carbocycles. The van der Waals surface area contributed by atoms with Crippen molar-refractivity contribution in [3.8, 4) is 0 Å². The molecule has 0 saturated heterocycles. The Balaban J connectivity index is 1.49. The highest BCUT2D eigenvalue weighted by molar-refractivity contribution is 7.99. The number of anilines is 2. The smallest absolute Gasteiger partial charge is 0.322 e. The molecule has 0 bridgehead atoms. The Kier molecular flexibility index (Phi) is 6.10. The maximum atomic E-state index is 12.9. The molecule has 0 saturated carbocycles. The molecule has 0 aliphatic rings. The van der Waals surface area contributed by atoms with E-state index in [0.717, 1.165) is 32.8 Å². The molecule has 3 aromatic carbocycles. The molecule has 10 heteroatoms. The lowest BCUT2D eigenvalue weighted by molar-refractivity contribution is -0.137. The normalized spacial score (nSPS) is 11.4. The Labute approximate surface area is 190 Å². The summed E-state index contributed by atoms with van der Waals surface area (Å²) in [6.07, 6.45) is -4.52. The number of carbonyl (C=O) groups is 2. The van der Waals surface area contributed by atoms with Gasteiger partial charge in [0, 0.05) is 33.4 Å². The van der Waals surface area contributed by atoms with E-state index in [2.05, 4.69) is 20.8 Å². The van der Waals surface area contributed by atoms with Crippen LogP contribution < -0.4 is 10.6 Å². The molecule has 4 aromatic rings. The topological polar surface area (TPSA) is 86.9 Å². The highest BCUT2D eigenvalue weighted by Gasteiger charge is 2.30. The fraction of sp³-hybridized carbons (Fsp3) is 0.0870. The van der Waals surface area contributed by atoms with Crippen LogP contribution in [-0.4, -0.2) is 22.0 Å². The zero-order chi connectivity index (χ0) is 23.6. The van der Waals surface area contributed by atoms with Gasteiger partial charge in [0.15, 0.2) is 5.82 Å². The number of hydrogen-bond donors (Lipinski definition) is 3. The maximum Gasteiger partial charge on any atom is 0.416 e. The van der Waals surface area contributed by atoms with Crippen LogP contribution in [0.5, 0.6) is 0 Å². The van der Waals surface area contributed by atoms with Crippen molar-refractivity contribution in [3.05, 3.63) is 77.9 Å². The van der Waals surface area contributed by atoms with Gasteiger partial charge in [0.05, 0.1) is 11.1 Å². The predicted octanol–water partition coefficient (Wildman–Crippen LogP) is 5.94. The monoisotopic (exact) mass is 470 g/mol. The fourth-order valence-corrected chi connectivity index (χ4v) is 4.06. The minimum absolute atomic E-state index is 0.0810. The summed E-state index contributed by atoms with van der Waals surface area (Å²) in [4.78, 5) is 25.4. The van der Waals surface area contributed by atoms with E-state index in [4.69, 9.17) is 0 Å². The molecule has 0 aliphatic heterocycles. The van der Waals surface area contributed by atoms with Crippen molar-refractivity contribution in [1.29, 1.82) is 0 Å². The summed E-state index contributed by atoms with van der Waals surface area (Å²) in [5.74, 6) is -0.396. The van der Waals surface area contributed by atoms with E-state index in [-0.39, 0.29) is 11.5 Å². The Morgan fingerprint density at radius 1 is 0.939 bits per heavy atom. The summed E-state index contributed by atoms with van der Waals surface area (Å²) in [5, 5.41) is 13.0. The number of halogens is 3. The second-order valence-corrected chi connectivity index (χ2v) is 8.27. The molecular formula is C23H17F3N4O2S. The van der Waals surface area contributed by atoms with Gasteiger partial charge in [0.2, 0.25) is 5.91 Å². The molecular weight excluding hydrogens is 453 g/mol. The van der Waals surface area contributed by atoms with Gasteiger partial charge in [0.1, 0.15) is 0 Å². The van der Waals surface area contributed by atoms with Gasteiger partial charge in [-0.3, -0.25) is 14.7 Å². The van der Waals surface area contributed by atoms with Gasteiger partial charge >= 0.3 is 6.18 Å². The minimum atomic E-state index is -4.52. The van der Waals surface area contributed by atoms with Crippen LogP contribution >= 0.6 is 11.8 Å². The molecule has 1 heterocycles. The highest BCUT2D eigenvalue weighted by Crippen LogP contribution is 2.33. The SMILES string of the molecule is CC(=O)Nc1n[nH]c2cc(Sc3cccc(NC(=O)c4cccc(C(F)(F)F)c4)c3)ccc12. The Hall–Kier alpha value is -3.79. The zero-order valence-corrected chi connectivity index (χ0v) is 18.0. The molecule has 6 nitrogen and oxygen atoms in total. The number of amides is 2. The number of alkyl halides is 3. The first kappa shape index (κ1) is 22.4. The van der Waals surface area contributed by atoms with Crippen LogP contribution in [0.1, 0.15) is 22.8 Å². The van der Waals surface area contributed by atoms with Gasteiger partial charge in [-0.25, -0.2) is 0 Å². The van der Waals surface area contributed by atoms with Crippen LogP contribution in [0.15, 0.2) is 76.5 Å². The predicted molar refractivity (Wildman–Crippen MR) is 120 cm³/mol. The lowest BCUT2D eigenvalue weighted by Gasteiger charge is -2.10. The summed E-state index contributed by atoms with van der Waals surface area (Å²) < 4.78 is 38.7. The molecule has 0 unspecified atom stereocenters. The van der Waals surface area contributed by atoms with E-state index in [9.17, 15) is 22.8 Å². The molecule has 168 valence electrons. The summed E-state index contributed by atoms with van der Waals surface area (Å²) >= 11 is 1.43. The van der Waals surface area contributed by atoms with Crippen molar-refractivity contribution in [1.82, 2.24) is 10.2 Å². The molecule has 2 amide bonds. The van der Waals surface area contributed by atoms with Gasteiger partial charge in [-0.2, -0.15) is 18.3 Å². The van der Waals surface area contributed by atoms with Crippen LogP contribution in [0.3, 0.4) is 0 Å². The van der Waals surface area contributed by atoms with Crippen LogP contribution in [0.2, 0.25) is 0 Å². The Bertz CT molecular complexity index is 1350. The first-order valence-electron chi connectivity index (χ1n) is 9.71. The standard InChI is InChI=1S/C23H17F3N4O2S/c1-13(31)27-21-19-9-8-18(12-20(19)29-30-21)33-17-7-3-6-16(11-17)28-22(32)14-4-2-5-15(10-14)23(24,25)26/h2-12H,1H3,(H,28,32)(H2,27,29,30,31). The molecule has 0 fully saturated rings. The average Bonchev–Trinajstić information content (AvgIpc) is 3.15.